The van der Waals surface area contributed by atoms with E-state index in [0.717, 1.165) is 31.4 Å². The van der Waals surface area contributed by atoms with E-state index >= 15 is 0 Å². The molecule has 0 aliphatic heterocycles. The monoisotopic (exact) mass is 438 g/mol. The summed E-state index contributed by atoms with van der Waals surface area (Å²) < 4.78 is 78.6. The highest BCUT2D eigenvalue weighted by molar-refractivity contribution is 7.85. The molecule has 2 rings (SSSR count). The van der Waals surface area contributed by atoms with Gasteiger partial charge in [-0.15, -0.1) is 0 Å². The number of ether oxygens (including phenoxy) is 2. The summed E-state index contributed by atoms with van der Waals surface area (Å²) in [6, 6.07) is 3.60. The molecule has 0 bridgehead atoms. The Labute approximate surface area is 165 Å². The molecule has 1 unspecified atom stereocenters. The summed E-state index contributed by atoms with van der Waals surface area (Å²) in [5, 5.41) is 0. The minimum atomic E-state index is -5.20. The Morgan fingerprint density at radius 3 is 2.38 bits per heavy atom. The number of esters is 2. The van der Waals surface area contributed by atoms with Crippen LogP contribution in [0.15, 0.2) is 18.2 Å². The molecule has 1 N–H and O–H groups in total. The van der Waals surface area contributed by atoms with Gasteiger partial charge in [-0.1, -0.05) is 25.3 Å². The molecule has 0 spiro atoms. The second-order valence-electron chi connectivity index (χ2n) is 6.92. The number of rotatable bonds is 6. The van der Waals surface area contributed by atoms with E-state index in [2.05, 4.69) is 4.74 Å². The standard InChI is InChI=1S/C18H21F3O7S/c1-11-7-8-13(9-14(11)27-16(22)12-5-3-2-4-6-12)17(23)28-15(18(19,20)21)10-29(24,25)26/h7-9,12,15H,2-6,10H2,1H3,(H,24,25,26). The lowest BCUT2D eigenvalue weighted by Crippen LogP contribution is -2.39. The van der Waals surface area contributed by atoms with Crippen LogP contribution in [-0.4, -0.2) is 42.9 Å². The normalized spacial score (nSPS) is 16.9. The van der Waals surface area contributed by atoms with E-state index in [1.165, 1.54) is 6.07 Å². The van der Waals surface area contributed by atoms with Gasteiger partial charge in [-0.2, -0.15) is 21.6 Å². The Morgan fingerprint density at radius 1 is 1.21 bits per heavy atom. The number of alkyl halides is 3. The molecule has 1 aliphatic carbocycles. The molecule has 0 heterocycles. The van der Waals surface area contributed by atoms with E-state index in [1.54, 1.807) is 6.92 Å². The van der Waals surface area contributed by atoms with Crippen molar-refractivity contribution >= 4 is 22.1 Å². The summed E-state index contributed by atoms with van der Waals surface area (Å²) in [5.41, 5.74) is 0.127. The highest BCUT2D eigenvalue weighted by atomic mass is 32.2. The van der Waals surface area contributed by atoms with Crippen LogP contribution in [0, 0.1) is 12.8 Å². The number of hydrogen-bond donors (Lipinski definition) is 1. The minimum Gasteiger partial charge on any atom is -0.448 e. The molecule has 0 saturated heterocycles. The van der Waals surface area contributed by atoms with Crippen LogP contribution in [0.5, 0.6) is 5.75 Å². The Kier molecular flexibility index (Phi) is 7.28. The van der Waals surface area contributed by atoms with Crippen LogP contribution in [0.1, 0.15) is 48.0 Å². The van der Waals surface area contributed by atoms with Crippen LogP contribution >= 0.6 is 0 Å². The van der Waals surface area contributed by atoms with Crippen molar-refractivity contribution in [1.82, 2.24) is 0 Å². The zero-order chi connectivity index (χ0) is 21.8. The third-order valence-electron chi connectivity index (χ3n) is 4.55. The third-order valence-corrected chi connectivity index (χ3v) is 5.27. The SMILES string of the molecule is Cc1ccc(C(=O)OC(CS(=O)(=O)O)C(F)(F)F)cc1OC(=O)C1CCCCC1. The Balaban J connectivity index is 2.16. The van der Waals surface area contributed by atoms with Gasteiger partial charge in [0.25, 0.3) is 10.1 Å². The molecule has 29 heavy (non-hydrogen) atoms. The van der Waals surface area contributed by atoms with Crippen LogP contribution in [0.3, 0.4) is 0 Å². The number of hydrogen-bond acceptors (Lipinski definition) is 6. The van der Waals surface area contributed by atoms with E-state index in [9.17, 15) is 31.2 Å². The van der Waals surface area contributed by atoms with Gasteiger partial charge in [0.1, 0.15) is 11.5 Å². The van der Waals surface area contributed by atoms with Crippen molar-refractivity contribution in [3.8, 4) is 5.75 Å². The maximum atomic E-state index is 12.9. The molecule has 1 atom stereocenters. The van der Waals surface area contributed by atoms with Crippen molar-refractivity contribution in [2.24, 2.45) is 5.92 Å². The summed E-state index contributed by atoms with van der Waals surface area (Å²) in [6.07, 6.45) is -4.04. The minimum absolute atomic E-state index is 0.00774. The highest BCUT2D eigenvalue weighted by Gasteiger charge is 2.45. The summed E-state index contributed by atoms with van der Waals surface area (Å²) in [6.45, 7) is 1.59. The summed E-state index contributed by atoms with van der Waals surface area (Å²) in [5.74, 6) is -4.03. The van der Waals surface area contributed by atoms with E-state index in [-0.39, 0.29) is 17.2 Å². The smallest absolute Gasteiger partial charge is 0.426 e. The molecule has 7 nitrogen and oxygen atoms in total. The maximum absolute atomic E-state index is 12.9. The van der Waals surface area contributed by atoms with Gasteiger partial charge in [-0.25, -0.2) is 4.79 Å². The number of carbonyl (C=O) groups excluding carboxylic acids is 2. The van der Waals surface area contributed by atoms with Gasteiger partial charge >= 0.3 is 18.1 Å². The maximum Gasteiger partial charge on any atom is 0.426 e. The molecule has 162 valence electrons. The summed E-state index contributed by atoms with van der Waals surface area (Å²) in [4.78, 5) is 24.4. The third kappa shape index (κ3) is 7.00. The van der Waals surface area contributed by atoms with Crippen LogP contribution in [0.4, 0.5) is 13.2 Å². The van der Waals surface area contributed by atoms with Crippen LogP contribution < -0.4 is 4.74 Å². The molecule has 11 heteroatoms. The molecule has 0 radical (unpaired) electrons. The van der Waals surface area contributed by atoms with Crippen molar-refractivity contribution in [1.29, 1.82) is 0 Å². The average Bonchev–Trinajstić information content (AvgIpc) is 2.61. The van der Waals surface area contributed by atoms with Gasteiger partial charge < -0.3 is 9.47 Å². The lowest BCUT2D eigenvalue weighted by Gasteiger charge is -2.21. The molecular weight excluding hydrogens is 417 g/mol. The van der Waals surface area contributed by atoms with Gasteiger partial charge in [0.15, 0.2) is 0 Å². The van der Waals surface area contributed by atoms with Gasteiger partial charge in [0.2, 0.25) is 6.10 Å². The fourth-order valence-electron chi connectivity index (χ4n) is 2.95. The molecule has 1 saturated carbocycles. The van der Waals surface area contributed by atoms with E-state index in [1.807, 2.05) is 0 Å². The second-order valence-corrected chi connectivity index (χ2v) is 8.42. The van der Waals surface area contributed by atoms with E-state index < -0.39 is 40.1 Å². The zero-order valence-corrected chi connectivity index (χ0v) is 16.4. The van der Waals surface area contributed by atoms with Crippen molar-refractivity contribution in [3.05, 3.63) is 29.3 Å². The largest absolute Gasteiger partial charge is 0.448 e. The van der Waals surface area contributed by atoms with Crippen molar-refractivity contribution < 1.29 is 45.2 Å². The number of benzene rings is 1. The fraction of sp³-hybridized carbons (Fsp3) is 0.556. The first-order valence-corrected chi connectivity index (χ1v) is 10.5. The van der Waals surface area contributed by atoms with E-state index in [0.29, 0.717) is 18.4 Å². The fourth-order valence-corrected chi connectivity index (χ4v) is 3.59. The first-order chi connectivity index (χ1) is 13.4. The Bertz CT molecular complexity index is 859. The lowest BCUT2D eigenvalue weighted by molar-refractivity contribution is -0.197. The Hall–Kier alpha value is -2.14. The first-order valence-electron chi connectivity index (χ1n) is 8.92. The van der Waals surface area contributed by atoms with Crippen LogP contribution in [-0.2, 0) is 19.6 Å². The zero-order valence-electron chi connectivity index (χ0n) is 15.6. The number of halogens is 3. The quantitative estimate of drug-likeness (QED) is 0.412. The van der Waals surface area contributed by atoms with Gasteiger partial charge in [0.05, 0.1) is 11.5 Å². The van der Waals surface area contributed by atoms with Crippen molar-refractivity contribution in [3.63, 3.8) is 0 Å². The van der Waals surface area contributed by atoms with Crippen LogP contribution in [0.2, 0.25) is 0 Å². The molecule has 1 aromatic carbocycles. The molecule has 0 amide bonds. The average molecular weight is 438 g/mol. The Morgan fingerprint density at radius 2 is 1.83 bits per heavy atom. The highest BCUT2D eigenvalue weighted by Crippen LogP contribution is 2.29. The molecule has 0 aromatic heterocycles. The molecule has 1 fully saturated rings. The number of aryl methyl sites for hydroxylation is 1. The second kappa shape index (κ2) is 9.12. The predicted molar refractivity (Wildman–Crippen MR) is 95.1 cm³/mol. The van der Waals surface area contributed by atoms with Gasteiger partial charge in [0, 0.05) is 0 Å². The van der Waals surface area contributed by atoms with Gasteiger partial charge in [-0.05, 0) is 37.5 Å². The molecule has 1 aromatic rings. The van der Waals surface area contributed by atoms with Crippen LogP contribution in [0.25, 0.3) is 0 Å². The summed E-state index contributed by atoms with van der Waals surface area (Å²) in [7, 11) is -5.04. The van der Waals surface area contributed by atoms with Crippen molar-refractivity contribution in [2.75, 3.05) is 5.75 Å². The first kappa shape index (κ1) is 23.1. The molecule has 1 aliphatic rings. The van der Waals surface area contributed by atoms with E-state index in [4.69, 9.17) is 9.29 Å². The predicted octanol–water partition coefficient (Wildman–Crippen LogP) is 3.46. The summed E-state index contributed by atoms with van der Waals surface area (Å²) >= 11 is 0. The topological polar surface area (TPSA) is 107 Å². The van der Waals surface area contributed by atoms with Crippen molar-refractivity contribution in [2.45, 2.75) is 51.3 Å². The van der Waals surface area contributed by atoms with Gasteiger partial charge in [-0.3, -0.25) is 9.35 Å². The molecular formula is C18H21F3O7S. The number of carbonyl (C=O) groups is 2. The lowest BCUT2D eigenvalue weighted by atomic mass is 9.89.